The number of hydrogen-bond donors (Lipinski definition) is 1. The smallest absolute Gasteiger partial charge is 0.363 e. The monoisotopic (exact) mass is 388 g/mol. The highest BCUT2D eigenvalue weighted by atomic mass is 79.9. The zero-order valence-corrected chi connectivity index (χ0v) is 13.6. The molecule has 0 amide bonds. The van der Waals surface area contributed by atoms with Crippen LogP contribution in [0.2, 0.25) is 0 Å². The zero-order valence-electron chi connectivity index (χ0n) is 12.0. The van der Waals surface area contributed by atoms with Crippen LogP contribution in [0.4, 0.5) is 5.69 Å². The number of rotatable bonds is 3. The summed E-state index contributed by atoms with van der Waals surface area (Å²) >= 11 is 3.31. The first-order valence-corrected chi connectivity index (χ1v) is 7.49. The summed E-state index contributed by atoms with van der Waals surface area (Å²) in [6.45, 7) is 0. The van der Waals surface area contributed by atoms with E-state index in [2.05, 4.69) is 20.9 Å². The average molecular weight is 389 g/mol. The van der Waals surface area contributed by atoms with Gasteiger partial charge in [0.05, 0.1) is 4.92 Å². The topological polar surface area (TPSA) is 102 Å². The molecule has 0 atom stereocenters. The average Bonchev–Trinajstić information content (AvgIpc) is 2.91. The van der Waals surface area contributed by atoms with Crippen molar-refractivity contribution in [2.75, 3.05) is 0 Å². The number of nitrogens with zero attached hydrogens (tertiary/aromatic N) is 2. The third-order valence-corrected chi connectivity index (χ3v) is 3.75. The van der Waals surface area contributed by atoms with Crippen molar-refractivity contribution >= 4 is 39.6 Å². The Labute approximate surface area is 144 Å². The lowest BCUT2D eigenvalue weighted by Gasteiger charge is -1.99. The van der Waals surface area contributed by atoms with Gasteiger partial charge in [-0.05, 0) is 36.4 Å². The van der Waals surface area contributed by atoms with Crippen molar-refractivity contribution in [1.29, 1.82) is 0 Å². The number of aromatic hydroxyl groups is 1. The Morgan fingerprint density at radius 2 is 1.92 bits per heavy atom. The second-order valence-electron chi connectivity index (χ2n) is 4.84. The van der Waals surface area contributed by atoms with E-state index in [0.29, 0.717) is 5.56 Å². The lowest BCUT2D eigenvalue weighted by Crippen LogP contribution is -2.05. The Kier molecular flexibility index (Phi) is 4.13. The molecule has 2 aromatic carbocycles. The van der Waals surface area contributed by atoms with Gasteiger partial charge in [-0.1, -0.05) is 15.9 Å². The summed E-state index contributed by atoms with van der Waals surface area (Å²) in [5.74, 6) is -0.768. The summed E-state index contributed by atoms with van der Waals surface area (Å²) in [6, 6.07) is 10.5. The van der Waals surface area contributed by atoms with Crippen molar-refractivity contribution in [1.82, 2.24) is 0 Å². The number of carbonyl (C=O) groups is 1. The highest BCUT2D eigenvalue weighted by Gasteiger charge is 2.24. The van der Waals surface area contributed by atoms with Crippen LogP contribution in [0.5, 0.6) is 5.75 Å². The second-order valence-corrected chi connectivity index (χ2v) is 5.76. The van der Waals surface area contributed by atoms with Crippen molar-refractivity contribution in [2.24, 2.45) is 4.99 Å². The molecule has 24 heavy (non-hydrogen) atoms. The zero-order chi connectivity index (χ0) is 17.3. The molecule has 0 spiro atoms. The number of carbonyl (C=O) groups excluding carboxylic acids is 1. The SMILES string of the molecule is O=C1OC(c2ccc(Br)cc2)=N/C1=C/c1cc([N+](=O)[O-])ccc1O. The molecule has 1 heterocycles. The summed E-state index contributed by atoms with van der Waals surface area (Å²) in [6.07, 6.45) is 1.25. The molecule has 0 unspecified atom stereocenters. The van der Waals surface area contributed by atoms with Crippen molar-refractivity contribution < 1.29 is 19.6 Å². The van der Waals surface area contributed by atoms with Crippen LogP contribution in [0.25, 0.3) is 6.08 Å². The van der Waals surface area contributed by atoms with Crippen LogP contribution < -0.4 is 0 Å². The molecule has 1 N–H and O–H groups in total. The molecule has 0 radical (unpaired) electrons. The Hall–Kier alpha value is -3.00. The first kappa shape index (κ1) is 15.9. The van der Waals surface area contributed by atoms with Gasteiger partial charge in [-0.25, -0.2) is 9.79 Å². The van der Waals surface area contributed by atoms with Crippen molar-refractivity contribution in [3.8, 4) is 5.75 Å². The highest BCUT2D eigenvalue weighted by molar-refractivity contribution is 9.10. The van der Waals surface area contributed by atoms with Gasteiger partial charge in [0.25, 0.3) is 5.69 Å². The van der Waals surface area contributed by atoms with Crippen molar-refractivity contribution in [3.63, 3.8) is 0 Å². The van der Waals surface area contributed by atoms with Crippen LogP contribution in [0.3, 0.4) is 0 Å². The molecular formula is C16H9BrN2O5. The Bertz CT molecular complexity index is 903. The van der Waals surface area contributed by atoms with E-state index < -0.39 is 10.9 Å². The van der Waals surface area contributed by atoms with Crippen LogP contribution in [0.15, 0.2) is 57.6 Å². The molecule has 0 fully saturated rings. The molecule has 1 aliphatic rings. The lowest BCUT2D eigenvalue weighted by molar-refractivity contribution is -0.384. The number of phenols is 1. The molecule has 120 valence electrons. The third kappa shape index (κ3) is 3.18. The summed E-state index contributed by atoms with van der Waals surface area (Å²) < 4.78 is 5.97. The number of halogens is 1. The number of nitro benzene ring substituents is 1. The van der Waals surface area contributed by atoms with Gasteiger partial charge in [-0.3, -0.25) is 10.1 Å². The number of esters is 1. The second kappa shape index (κ2) is 6.25. The van der Waals surface area contributed by atoms with Crippen LogP contribution in [0.1, 0.15) is 11.1 Å². The van der Waals surface area contributed by atoms with Gasteiger partial charge in [-0.2, -0.15) is 0 Å². The lowest BCUT2D eigenvalue weighted by atomic mass is 10.1. The summed E-state index contributed by atoms with van der Waals surface area (Å²) in [4.78, 5) is 26.2. The Morgan fingerprint density at radius 1 is 1.21 bits per heavy atom. The number of ether oxygens (including phenoxy) is 1. The van der Waals surface area contributed by atoms with Gasteiger partial charge in [0.15, 0.2) is 5.70 Å². The minimum absolute atomic E-state index is 0.0521. The Morgan fingerprint density at radius 3 is 2.58 bits per heavy atom. The van der Waals surface area contributed by atoms with Crippen LogP contribution in [0, 0.1) is 10.1 Å². The van der Waals surface area contributed by atoms with Gasteiger partial charge < -0.3 is 9.84 Å². The minimum atomic E-state index is -0.696. The van der Waals surface area contributed by atoms with Gasteiger partial charge in [0.2, 0.25) is 5.90 Å². The molecule has 0 saturated heterocycles. The van der Waals surface area contributed by atoms with E-state index in [1.165, 1.54) is 18.2 Å². The maximum Gasteiger partial charge on any atom is 0.363 e. The molecule has 0 aromatic heterocycles. The highest BCUT2D eigenvalue weighted by Crippen LogP contribution is 2.27. The van der Waals surface area contributed by atoms with Gasteiger partial charge in [0.1, 0.15) is 5.75 Å². The number of nitro groups is 1. The number of hydrogen-bond acceptors (Lipinski definition) is 6. The number of non-ortho nitro benzene ring substituents is 1. The Balaban J connectivity index is 1.98. The van der Waals surface area contributed by atoms with Gasteiger partial charge >= 0.3 is 5.97 Å². The fourth-order valence-corrected chi connectivity index (χ4v) is 2.31. The van der Waals surface area contributed by atoms with Crippen LogP contribution in [-0.2, 0) is 9.53 Å². The molecule has 2 aromatic rings. The molecular weight excluding hydrogens is 380 g/mol. The predicted molar refractivity (Wildman–Crippen MR) is 89.5 cm³/mol. The molecule has 0 aliphatic carbocycles. The summed E-state index contributed by atoms with van der Waals surface area (Å²) in [5.41, 5.74) is 0.460. The molecule has 7 nitrogen and oxygen atoms in total. The van der Waals surface area contributed by atoms with Gasteiger partial charge in [0, 0.05) is 27.7 Å². The summed E-state index contributed by atoms with van der Waals surface area (Å²) in [5, 5.41) is 20.6. The molecule has 1 aliphatic heterocycles. The molecule has 0 bridgehead atoms. The van der Waals surface area contributed by atoms with E-state index in [4.69, 9.17) is 4.74 Å². The predicted octanol–water partition coefficient (Wildman–Crippen LogP) is 3.41. The van der Waals surface area contributed by atoms with E-state index in [9.17, 15) is 20.0 Å². The maximum atomic E-state index is 11.9. The van der Waals surface area contributed by atoms with E-state index in [1.54, 1.807) is 24.3 Å². The number of cyclic esters (lactones) is 1. The maximum absolute atomic E-state index is 11.9. The number of aliphatic imine (C=N–C) groups is 1. The number of benzene rings is 2. The fraction of sp³-hybridized carbons (Fsp3) is 0. The van der Waals surface area contributed by atoms with Crippen molar-refractivity contribution in [2.45, 2.75) is 0 Å². The van der Waals surface area contributed by atoms with E-state index in [1.807, 2.05) is 0 Å². The standard InChI is InChI=1S/C16H9BrN2O5/c17-11-3-1-9(2-4-11)15-18-13(16(21)24-15)8-10-7-12(19(22)23)5-6-14(10)20/h1-8,20H/b13-8+. The first-order valence-electron chi connectivity index (χ1n) is 6.70. The molecule has 0 saturated carbocycles. The van der Waals surface area contributed by atoms with Crippen LogP contribution >= 0.6 is 15.9 Å². The fourth-order valence-electron chi connectivity index (χ4n) is 2.04. The summed E-state index contributed by atoms with van der Waals surface area (Å²) in [7, 11) is 0. The third-order valence-electron chi connectivity index (χ3n) is 3.23. The normalized spacial score (nSPS) is 15.3. The molecule has 8 heteroatoms. The quantitative estimate of drug-likeness (QED) is 0.375. The first-order chi connectivity index (χ1) is 11.4. The van der Waals surface area contributed by atoms with Gasteiger partial charge in [-0.15, -0.1) is 0 Å². The molecule has 3 rings (SSSR count). The van der Waals surface area contributed by atoms with Crippen molar-refractivity contribution in [3.05, 3.63) is 73.9 Å². The van der Waals surface area contributed by atoms with Crippen LogP contribution in [-0.4, -0.2) is 21.9 Å². The minimum Gasteiger partial charge on any atom is -0.507 e. The van der Waals surface area contributed by atoms with E-state index >= 15 is 0 Å². The largest absolute Gasteiger partial charge is 0.507 e. The number of phenolic OH excluding ortho intramolecular Hbond substituents is 1. The van der Waals surface area contributed by atoms with E-state index in [-0.39, 0.29) is 28.6 Å². The van der Waals surface area contributed by atoms with E-state index in [0.717, 1.165) is 10.5 Å².